The third-order valence-corrected chi connectivity index (χ3v) is 3.53. The van der Waals surface area contributed by atoms with Crippen molar-refractivity contribution in [3.05, 3.63) is 41.2 Å². The van der Waals surface area contributed by atoms with E-state index in [2.05, 4.69) is 17.2 Å². The Hall–Kier alpha value is -1.61. The van der Waals surface area contributed by atoms with Crippen LogP contribution in [0.5, 0.6) is 0 Å². The summed E-state index contributed by atoms with van der Waals surface area (Å²) in [5.74, 6) is -0.158. The molecule has 4 heteroatoms. The Balaban J connectivity index is 2.03. The summed E-state index contributed by atoms with van der Waals surface area (Å²) >= 11 is 6.12. The molecule has 20 heavy (non-hydrogen) atoms. The maximum Gasteiger partial charge on any atom is 0.269 e. The van der Waals surface area contributed by atoms with Crippen molar-refractivity contribution in [1.82, 2.24) is 10.3 Å². The Kier molecular flexibility index (Phi) is 5.36. The number of hydrogen-bond donors (Lipinski definition) is 1. The van der Waals surface area contributed by atoms with Crippen LogP contribution in [0.2, 0.25) is 5.15 Å². The fourth-order valence-corrected chi connectivity index (χ4v) is 2.38. The second-order valence-electron chi connectivity index (χ2n) is 4.84. The maximum absolute atomic E-state index is 12.0. The molecule has 3 nitrogen and oxygen atoms in total. The summed E-state index contributed by atoms with van der Waals surface area (Å²) in [5.41, 5.74) is 0.379. The molecule has 0 saturated heterocycles. The number of carbonyl (C=O) groups is 1. The molecule has 0 aliphatic rings. The minimum atomic E-state index is -0.158. The van der Waals surface area contributed by atoms with Gasteiger partial charge in [-0.25, -0.2) is 4.98 Å². The molecule has 0 radical (unpaired) electrons. The van der Waals surface area contributed by atoms with Crippen LogP contribution in [0.1, 0.15) is 43.1 Å². The molecule has 106 valence electrons. The van der Waals surface area contributed by atoms with Crippen molar-refractivity contribution in [2.75, 3.05) is 6.54 Å². The normalized spacial score (nSPS) is 10.7. The van der Waals surface area contributed by atoms with Gasteiger partial charge in [-0.1, -0.05) is 62.1 Å². The van der Waals surface area contributed by atoms with E-state index >= 15 is 0 Å². The van der Waals surface area contributed by atoms with E-state index in [-0.39, 0.29) is 5.91 Å². The van der Waals surface area contributed by atoms with Gasteiger partial charge in [-0.05, 0) is 17.9 Å². The summed E-state index contributed by atoms with van der Waals surface area (Å²) in [6.07, 6.45) is 4.54. The standard InChI is InChI=1S/C16H19ClN2O/c1-2-3-4-7-10-18-16(20)14-11-12-8-5-6-9-13(12)15(17)19-14/h5-6,8-9,11H,2-4,7,10H2,1H3,(H,18,20). The van der Waals surface area contributed by atoms with E-state index in [4.69, 9.17) is 11.6 Å². The maximum atomic E-state index is 12.0. The first-order valence-electron chi connectivity index (χ1n) is 7.06. The van der Waals surface area contributed by atoms with E-state index in [1.54, 1.807) is 6.07 Å². The highest BCUT2D eigenvalue weighted by Gasteiger charge is 2.10. The lowest BCUT2D eigenvalue weighted by atomic mass is 10.1. The van der Waals surface area contributed by atoms with Crippen LogP contribution in [-0.2, 0) is 0 Å². The van der Waals surface area contributed by atoms with Crippen LogP contribution in [-0.4, -0.2) is 17.4 Å². The Labute approximate surface area is 124 Å². The topological polar surface area (TPSA) is 42.0 Å². The van der Waals surface area contributed by atoms with Crippen molar-refractivity contribution in [1.29, 1.82) is 0 Å². The quantitative estimate of drug-likeness (QED) is 0.640. The molecule has 0 fully saturated rings. The highest BCUT2D eigenvalue weighted by atomic mass is 35.5. The fourth-order valence-electron chi connectivity index (χ4n) is 2.12. The highest BCUT2D eigenvalue weighted by Crippen LogP contribution is 2.22. The van der Waals surface area contributed by atoms with Crippen molar-refractivity contribution >= 4 is 28.3 Å². The Morgan fingerprint density at radius 2 is 2.05 bits per heavy atom. The van der Waals surface area contributed by atoms with Gasteiger partial charge in [0.1, 0.15) is 10.8 Å². The number of unbranched alkanes of at least 4 members (excludes halogenated alkanes) is 3. The predicted octanol–water partition coefficient (Wildman–Crippen LogP) is 4.20. The van der Waals surface area contributed by atoms with Crippen LogP contribution < -0.4 is 5.32 Å². The molecule has 1 aromatic carbocycles. The van der Waals surface area contributed by atoms with E-state index in [1.807, 2.05) is 24.3 Å². The summed E-state index contributed by atoms with van der Waals surface area (Å²) in [6, 6.07) is 9.44. The Morgan fingerprint density at radius 3 is 2.85 bits per heavy atom. The van der Waals surface area contributed by atoms with Crippen molar-refractivity contribution in [3.63, 3.8) is 0 Å². The van der Waals surface area contributed by atoms with E-state index in [1.165, 1.54) is 12.8 Å². The van der Waals surface area contributed by atoms with Crippen LogP contribution in [0.25, 0.3) is 10.8 Å². The lowest BCUT2D eigenvalue weighted by Gasteiger charge is -2.06. The number of hydrogen-bond acceptors (Lipinski definition) is 2. The van der Waals surface area contributed by atoms with Crippen LogP contribution >= 0.6 is 11.6 Å². The Bertz CT molecular complexity index is 598. The van der Waals surface area contributed by atoms with Gasteiger partial charge in [0.15, 0.2) is 0 Å². The first-order valence-corrected chi connectivity index (χ1v) is 7.43. The van der Waals surface area contributed by atoms with Gasteiger partial charge < -0.3 is 5.32 Å². The van der Waals surface area contributed by atoms with E-state index < -0.39 is 0 Å². The van der Waals surface area contributed by atoms with Crippen molar-refractivity contribution in [2.45, 2.75) is 32.6 Å². The first kappa shape index (κ1) is 14.8. The molecule has 0 spiro atoms. The van der Waals surface area contributed by atoms with Crippen LogP contribution in [0.3, 0.4) is 0 Å². The van der Waals surface area contributed by atoms with Crippen molar-refractivity contribution < 1.29 is 4.79 Å². The summed E-state index contributed by atoms with van der Waals surface area (Å²) in [7, 11) is 0. The molecule has 2 rings (SSSR count). The predicted molar refractivity (Wildman–Crippen MR) is 83.2 cm³/mol. The SMILES string of the molecule is CCCCCCNC(=O)c1cc2ccccc2c(Cl)n1. The molecule has 0 bridgehead atoms. The summed E-state index contributed by atoms with van der Waals surface area (Å²) < 4.78 is 0. The fraction of sp³-hybridized carbons (Fsp3) is 0.375. The number of halogens is 1. The smallest absolute Gasteiger partial charge is 0.269 e. The van der Waals surface area contributed by atoms with Gasteiger partial charge in [-0.15, -0.1) is 0 Å². The highest BCUT2D eigenvalue weighted by molar-refractivity contribution is 6.34. The van der Waals surface area contributed by atoms with Gasteiger partial charge in [0.05, 0.1) is 0 Å². The molecule has 1 N–H and O–H groups in total. The lowest BCUT2D eigenvalue weighted by Crippen LogP contribution is -2.25. The third-order valence-electron chi connectivity index (χ3n) is 3.24. The molecule has 1 amide bonds. The zero-order valence-corrected chi connectivity index (χ0v) is 12.4. The average molecular weight is 291 g/mol. The summed E-state index contributed by atoms with van der Waals surface area (Å²) in [5, 5.41) is 5.07. The molecule has 0 atom stereocenters. The number of nitrogens with zero attached hydrogens (tertiary/aromatic N) is 1. The number of rotatable bonds is 6. The van der Waals surface area contributed by atoms with Crippen LogP contribution in [0.15, 0.2) is 30.3 Å². The largest absolute Gasteiger partial charge is 0.351 e. The molecule has 0 aliphatic heterocycles. The molecule has 0 unspecified atom stereocenters. The molecule has 0 aliphatic carbocycles. The number of fused-ring (bicyclic) bond motifs is 1. The number of pyridine rings is 1. The molecule has 1 aromatic heterocycles. The minimum absolute atomic E-state index is 0.158. The third kappa shape index (κ3) is 3.70. The first-order chi connectivity index (χ1) is 9.72. The van der Waals surface area contributed by atoms with Crippen molar-refractivity contribution in [2.24, 2.45) is 0 Å². The van der Waals surface area contributed by atoms with Gasteiger partial charge in [0.25, 0.3) is 5.91 Å². The second kappa shape index (κ2) is 7.25. The number of aromatic nitrogens is 1. The summed E-state index contributed by atoms with van der Waals surface area (Å²) in [4.78, 5) is 16.2. The number of nitrogens with one attached hydrogen (secondary N) is 1. The van der Waals surface area contributed by atoms with Crippen molar-refractivity contribution in [3.8, 4) is 0 Å². The Morgan fingerprint density at radius 1 is 1.25 bits per heavy atom. The molecule has 0 saturated carbocycles. The summed E-state index contributed by atoms with van der Waals surface area (Å²) in [6.45, 7) is 2.85. The minimum Gasteiger partial charge on any atom is -0.351 e. The van der Waals surface area contributed by atoms with E-state index in [0.29, 0.717) is 17.4 Å². The monoisotopic (exact) mass is 290 g/mol. The average Bonchev–Trinajstić information content (AvgIpc) is 2.47. The zero-order valence-electron chi connectivity index (χ0n) is 11.7. The second-order valence-corrected chi connectivity index (χ2v) is 5.19. The number of benzene rings is 1. The number of amides is 1. The van der Waals surface area contributed by atoms with Gasteiger partial charge in [0.2, 0.25) is 0 Å². The van der Waals surface area contributed by atoms with Gasteiger partial charge >= 0.3 is 0 Å². The van der Waals surface area contributed by atoms with E-state index in [0.717, 1.165) is 23.6 Å². The molecule has 2 aromatic rings. The lowest BCUT2D eigenvalue weighted by molar-refractivity contribution is 0.0948. The van der Waals surface area contributed by atoms with Crippen LogP contribution in [0, 0.1) is 0 Å². The van der Waals surface area contributed by atoms with Gasteiger partial charge in [-0.3, -0.25) is 4.79 Å². The zero-order chi connectivity index (χ0) is 14.4. The molecule has 1 heterocycles. The molecular formula is C16H19ClN2O. The number of carbonyl (C=O) groups excluding carboxylic acids is 1. The van der Waals surface area contributed by atoms with Gasteiger partial charge in [0, 0.05) is 11.9 Å². The molecular weight excluding hydrogens is 272 g/mol. The van der Waals surface area contributed by atoms with Gasteiger partial charge in [-0.2, -0.15) is 0 Å². The van der Waals surface area contributed by atoms with Crippen LogP contribution in [0.4, 0.5) is 0 Å². The van der Waals surface area contributed by atoms with E-state index in [9.17, 15) is 4.79 Å².